The molecule has 3 aromatic rings. The molecule has 2 aliphatic rings. The highest BCUT2D eigenvalue weighted by Gasteiger charge is 2.49. The number of nitrogens with one attached hydrogen (secondary N) is 2. The first kappa shape index (κ1) is 21.6. The summed E-state index contributed by atoms with van der Waals surface area (Å²) >= 11 is 6.36. The maximum Gasteiger partial charge on any atom is 0.270 e. The molecule has 0 saturated heterocycles. The number of anilines is 1. The van der Waals surface area contributed by atoms with Crippen molar-refractivity contribution in [2.24, 2.45) is 24.8 Å². The van der Waals surface area contributed by atoms with Gasteiger partial charge in [0.15, 0.2) is 0 Å². The van der Waals surface area contributed by atoms with Crippen LogP contribution in [0.15, 0.2) is 48.8 Å². The lowest BCUT2D eigenvalue weighted by Crippen LogP contribution is -2.48. The van der Waals surface area contributed by atoms with Crippen LogP contribution in [0.2, 0.25) is 5.02 Å². The average Bonchev–Trinajstić information content (AvgIpc) is 3.16. The molecular formula is C25H26ClN5O2. The van der Waals surface area contributed by atoms with E-state index in [0.29, 0.717) is 28.2 Å². The number of halogens is 1. The van der Waals surface area contributed by atoms with Gasteiger partial charge in [-0.05, 0) is 73.8 Å². The predicted octanol–water partition coefficient (Wildman–Crippen LogP) is 4.23. The van der Waals surface area contributed by atoms with E-state index in [9.17, 15) is 9.59 Å². The van der Waals surface area contributed by atoms with Crippen LogP contribution in [0.4, 0.5) is 5.69 Å². The Hall–Kier alpha value is -3.19. The summed E-state index contributed by atoms with van der Waals surface area (Å²) in [6.07, 6.45) is 6.46. The van der Waals surface area contributed by atoms with Gasteiger partial charge in [0.2, 0.25) is 5.91 Å². The SMILES string of the molecule is Cc1nccc(Cl)c1-c1ccc(NC(=O)C(NC(=O)c2ccnn2C)C2CC3CC3C2)cc1. The molecule has 0 aliphatic heterocycles. The van der Waals surface area contributed by atoms with E-state index >= 15 is 0 Å². The number of pyridine rings is 1. The molecule has 170 valence electrons. The molecule has 33 heavy (non-hydrogen) atoms. The Balaban J connectivity index is 1.33. The van der Waals surface area contributed by atoms with Crippen molar-refractivity contribution >= 4 is 29.1 Å². The van der Waals surface area contributed by atoms with Crippen LogP contribution in [0, 0.1) is 24.7 Å². The zero-order chi connectivity index (χ0) is 23.1. The number of rotatable bonds is 6. The second-order valence-corrected chi connectivity index (χ2v) is 9.51. The maximum atomic E-state index is 13.3. The van der Waals surface area contributed by atoms with Crippen LogP contribution in [0.25, 0.3) is 11.1 Å². The van der Waals surface area contributed by atoms with Crippen molar-refractivity contribution in [3.05, 3.63) is 65.2 Å². The fraction of sp³-hybridized carbons (Fsp3) is 0.360. The second-order valence-electron chi connectivity index (χ2n) is 9.10. The number of hydrogen-bond acceptors (Lipinski definition) is 4. The van der Waals surface area contributed by atoms with E-state index in [1.807, 2.05) is 31.2 Å². The largest absolute Gasteiger partial charge is 0.339 e. The summed E-state index contributed by atoms with van der Waals surface area (Å²) in [5.41, 5.74) is 3.76. The van der Waals surface area contributed by atoms with Gasteiger partial charge in [0.1, 0.15) is 11.7 Å². The summed E-state index contributed by atoms with van der Waals surface area (Å²) < 4.78 is 1.51. The van der Waals surface area contributed by atoms with Gasteiger partial charge in [-0.25, -0.2) is 0 Å². The van der Waals surface area contributed by atoms with E-state index in [-0.39, 0.29) is 17.7 Å². The third kappa shape index (κ3) is 4.37. The number of aromatic nitrogens is 3. The van der Waals surface area contributed by atoms with Gasteiger partial charge in [-0.3, -0.25) is 19.3 Å². The van der Waals surface area contributed by atoms with E-state index in [2.05, 4.69) is 20.7 Å². The molecule has 2 amide bonds. The van der Waals surface area contributed by atoms with Crippen molar-refractivity contribution < 1.29 is 9.59 Å². The number of carbonyl (C=O) groups excluding carboxylic acids is 2. The van der Waals surface area contributed by atoms with Crippen LogP contribution < -0.4 is 10.6 Å². The lowest BCUT2D eigenvalue weighted by molar-refractivity contribution is -0.119. The van der Waals surface area contributed by atoms with E-state index in [1.54, 1.807) is 31.6 Å². The summed E-state index contributed by atoms with van der Waals surface area (Å²) in [6, 6.07) is 10.4. The summed E-state index contributed by atoms with van der Waals surface area (Å²) in [5, 5.41) is 10.7. The molecule has 2 N–H and O–H groups in total. The van der Waals surface area contributed by atoms with Crippen molar-refractivity contribution in [1.82, 2.24) is 20.1 Å². The van der Waals surface area contributed by atoms with Gasteiger partial charge in [-0.1, -0.05) is 23.7 Å². The number of fused-ring (bicyclic) bond motifs is 1. The summed E-state index contributed by atoms with van der Waals surface area (Å²) in [5.74, 6) is 1.06. The summed E-state index contributed by atoms with van der Waals surface area (Å²) in [6.45, 7) is 1.92. The summed E-state index contributed by atoms with van der Waals surface area (Å²) in [7, 11) is 1.71. The van der Waals surface area contributed by atoms with Crippen LogP contribution in [0.5, 0.6) is 0 Å². The van der Waals surface area contributed by atoms with Gasteiger partial charge < -0.3 is 10.6 Å². The number of aryl methyl sites for hydroxylation is 2. The van der Waals surface area contributed by atoms with Gasteiger partial charge >= 0.3 is 0 Å². The molecule has 3 unspecified atom stereocenters. The molecular weight excluding hydrogens is 438 g/mol. The van der Waals surface area contributed by atoms with E-state index in [1.165, 1.54) is 11.1 Å². The van der Waals surface area contributed by atoms with Crippen molar-refractivity contribution in [2.45, 2.75) is 32.2 Å². The number of carbonyl (C=O) groups is 2. The van der Waals surface area contributed by atoms with E-state index in [0.717, 1.165) is 29.7 Å². The van der Waals surface area contributed by atoms with Crippen LogP contribution in [0.1, 0.15) is 35.4 Å². The zero-order valence-electron chi connectivity index (χ0n) is 18.6. The molecule has 0 spiro atoms. The van der Waals surface area contributed by atoms with Gasteiger partial charge in [0.05, 0.1) is 5.02 Å². The third-order valence-electron chi connectivity index (χ3n) is 6.90. The average molecular weight is 464 g/mol. The summed E-state index contributed by atoms with van der Waals surface area (Å²) in [4.78, 5) is 30.5. The highest BCUT2D eigenvalue weighted by molar-refractivity contribution is 6.33. The van der Waals surface area contributed by atoms with Crippen molar-refractivity contribution in [1.29, 1.82) is 0 Å². The quantitative estimate of drug-likeness (QED) is 0.572. The Morgan fingerprint density at radius 2 is 1.79 bits per heavy atom. The Morgan fingerprint density at radius 3 is 2.42 bits per heavy atom. The third-order valence-corrected chi connectivity index (χ3v) is 7.22. The van der Waals surface area contributed by atoms with Crippen LogP contribution in [0.3, 0.4) is 0 Å². The first-order valence-electron chi connectivity index (χ1n) is 11.2. The Kier molecular flexibility index (Phi) is 5.66. The minimum atomic E-state index is -0.588. The Labute approximate surface area is 197 Å². The van der Waals surface area contributed by atoms with Crippen LogP contribution in [-0.4, -0.2) is 32.6 Å². The molecule has 2 aliphatic carbocycles. The van der Waals surface area contributed by atoms with E-state index in [4.69, 9.17) is 11.6 Å². The van der Waals surface area contributed by atoms with Crippen molar-refractivity contribution in [3.63, 3.8) is 0 Å². The molecule has 0 bridgehead atoms. The highest BCUT2D eigenvalue weighted by Crippen LogP contribution is 2.55. The van der Waals surface area contributed by atoms with Crippen molar-refractivity contribution in [3.8, 4) is 11.1 Å². The first-order valence-corrected chi connectivity index (χ1v) is 11.6. The molecule has 0 radical (unpaired) electrons. The van der Waals surface area contributed by atoms with Gasteiger partial charge in [0.25, 0.3) is 5.91 Å². The van der Waals surface area contributed by atoms with Crippen LogP contribution >= 0.6 is 11.6 Å². The van der Waals surface area contributed by atoms with Gasteiger partial charge in [-0.15, -0.1) is 0 Å². The fourth-order valence-electron chi connectivity index (χ4n) is 5.07. The minimum Gasteiger partial charge on any atom is -0.339 e. The molecule has 2 fully saturated rings. The smallest absolute Gasteiger partial charge is 0.270 e. The monoisotopic (exact) mass is 463 g/mol. The highest BCUT2D eigenvalue weighted by atomic mass is 35.5. The number of nitrogens with zero attached hydrogens (tertiary/aromatic N) is 3. The molecule has 2 aromatic heterocycles. The van der Waals surface area contributed by atoms with Gasteiger partial charge in [0, 0.05) is 36.4 Å². The molecule has 5 rings (SSSR count). The first-order chi connectivity index (χ1) is 15.9. The lowest BCUT2D eigenvalue weighted by atomic mass is 9.93. The molecule has 7 nitrogen and oxygen atoms in total. The Morgan fingerprint density at radius 1 is 1.06 bits per heavy atom. The second kappa shape index (κ2) is 8.63. The number of benzene rings is 1. The molecule has 3 atom stereocenters. The van der Waals surface area contributed by atoms with E-state index < -0.39 is 6.04 Å². The molecule has 8 heteroatoms. The molecule has 2 heterocycles. The predicted molar refractivity (Wildman–Crippen MR) is 127 cm³/mol. The maximum absolute atomic E-state index is 13.3. The Bertz CT molecular complexity index is 1180. The minimum absolute atomic E-state index is 0.141. The number of amides is 2. The topological polar surface area (TPSA) is 88.9 Å². The van der Waals surface area contributed by atoms with Crippen LogP contribution in [-0.2, 0) is 11.8 Å². The molecule has 2 saturated carbocycles. The zero-order valence-corrected chi connectivity index (χ0v) is 19.3. The van der Waals surface area contributed by atoms with Crippen molar-refractivity contribution in [2.75, 3.05) is 5.32 Å². The normalized spacial score (nSPS) is 21.8. The lowest BCUT2D eigenvalue weighted by Gasteiger charge is -2.25. The van der Waals surface area contributed by atoms with Gasteiger partial charge in [-0.2, -0.15) is 5.10 Å². The number of hydrogen-bond donors (Lipinski definition) is 2. The standard InChI is InChI=1S/C25H26ClN5O2/c1-14-22(20(26)7-9-27-14)15-3-5-19(6-4-15)29-25(33)23(18-12-16-11-17(16)13-18)30-24(32)21-8-10-28-31(21)2/h3-10,16-18,23H,11-13H2,1-2H3,(H,29,33)(H,30,32). The molecule has 1 aromatic carbocycles. The fourth-order valence-corrected chi connectivity index (χ4v) is 5.37.